The molecule has 2 aromatic carbocycles. The molecule has 4 rings (SSSR count). The lowest BCUT2D eigenvalue weighted by Gasteiger charge is -2.35. The number of benzene rings is 2. The second-order valence-electron chi connectivity index (χ2n) is 6.79. The number of rotatable bonds is 4. The topological polar surface area (TPSA) is 120 Å². The molecule has 0 N–H and O–H groups in total. The zero-order valence-corrected chi connectivity index (χ0v) is 16.6. The molecule has 0 saturated carbocycles. The van der Waals surface area contributed by atoms with Crippen LogP contribution in [0.15, 0.2) is 59.6 Å². The van der Waals surface area contributed by atoms with Gasteiger partial charge in [-0.1, -0.05) is 0 Å². The molecule has 1 aliphatic rings. The highest BCUT2D eigenvalue weighted by Gasteiger charge is 2.29. The molecule has 2 heterocycles. The van der Waals surface area contributed by atoms with Crippen LogP contribution in [0.1, 0.15) is 5.56 Å². The van der Waals surface area contributed by atoms with E-state index in [9.17, 15) is 18.5 Å². The number of hydrogen-bond acceptors (Lipinski definition) is 7. The summed E-state index contributed by atoms with van der Waals surface area (Å²) in [7, 11) is -3.66. The monoisotopic (exact) mass is 423 g/mol. The first-order valence-electron chi connectivity index (χ1n) is 9.19. The third-order valence-electron chi connectivity index (χ3n) is 5.12. The molecule has 1 fully saturated rings. The van der Waals surface area contributed by atoms with Gasteiger partial charge in [0.25, 0.3) is 5.69 Å². The molecule has 0 unspecified atom stereocenters. The number of fused-ring (bicyclic) bond motifs is 1. The first-order valence-corrected chi connectivity index (χ1v) is 10.6. The van der Waals surface area contributed by atoms with Crippen molar-refractivity contribution in [1.82, 2.24) is 9.29 Å². The number of pyridine rings is 1. The average molecular weight is 423 g/mol. The second kappa shape index (κ2) is 7.70. The third kappa shape index (κ3) is 3.45. The van der Waals surface area contributed by atoms with Crippen LogP contribution in [-0.4, -0.2) is 48.8 Å². The van der Waals surface area contributed by atoms with E-state index in [-0.39, 0.29) is 23.7 Å². The van der Waals surface area contributed by atoms with Gasteiger partial charge in [-0.3, -0.25) is 15.1 Å². The van der Waals surface area contributed by atoms with Crippen molar-refractivity contribution < 1.29 is 13.3 Å². The molecule has 0 aliphatic carbocycles. The lowest BCUT2D eigenvalue weighted by Crippen LogP contribution is -2.48. The van der Waals surface area contributed by atoms with Crippen LogP contribution in [0, 0.1) is 21.4 Å². The minimum Gasteiger partial charge on any atom is -0.367 e. The fourth-order valence-corrected chi connectivity index (χ4v) is 5.00. The van der Waals surface area contributed by atoms with E-state index in [1.165, 1.54) is 34.6 Å². The summed E-state index contributed by atoms with van der Waals surface area (Å²) in [5.74, 6) is 0. The number of piperazine rings is 1. The smallest absolute Gasteiger partial charge is 0.278 e. The van der Waals surface area contributed by atoms with Gasteiger partial charge in [0, 0.05) is 38.4 Å². The van der Waals surface area contributed by atoms with E-state index in [0.717, 1.165) is 5.69 Å². The zero-order valence-electron chi connectivity index (χ0n) is 15.8. The Hall–Kier alpha value is -3.55. The van der Waals surface area contributed by atoms with E-state index in [4.69, 9.17) is 5.26 Å². The third-order valence-corrected chi connectivity index (χ3v) is 7.04. The van der Waals surface area contributed by atoms with E-state index >= 15 is 0 Å². The van der Waals surface area contributed by atoms with Crippen LogP contribution in [0.5, 0.6) is 0 Å². The SMILES string of the molecule is N#Cc1ccc(S(=O)(=O)N2CCN(c3ccc([N+](=O)[O-])c4cccnc34)CC2)cc1. The summed E-state index contributed by atoms with van der Waals surface area (Å²) >= 11 is 0. The molecule has 1 aromatic heterocycles. The molecule has 152 valence electrons. The van der Waals surface area contributed by atoms with Crippen LogP contribution < -0.4 is 4.90 Å². The quantitative estimate of drug-likeness (QED) is 0.467. The van der Waals surface area contributed by atoms with E-state index in [1.807, 2.05) is 11.0 Å². The Morgan fingerprint density at radius 1 is 1.03 bits per heavy atom. The number of nitro benzene ring substituents is 1. The van der Waals surface area contributed by atoms with Gasteiger partial charge in [-0.05, 0) is 42.5 Å². The molecule has 0 radical (unpaired) electrons. The van der Waals surface area contributed by atoms with Crippen LogP contribution in [0.4, 0.5) is 11.4 Å². The van der Waals surface area contributed by atoms with Crippen molar-refractivity contribution in [2.24, 2.45) is 0 Å². The molecule has 1 saturated heterocycles. The van der Waals surface area contributed by atoms with Crippen molar-refractivity contribution in [3.63, 3.8) is 0 Å². The Morgan fingerprint density at radius 2 is 1.73 bits per heavy atom. The normalized spacial score (nSPS) is 15.1. The summed E-state index contributed by atoms with van der Waals surface area (Å²) in [6.45, 7) is 1.40. The van der Waals surface area contributed by atoms with Crippen LogP contribution in [0.25, 0.3) is 10.9 Å². The van der Waals surface area contributed by atoms with Crippen molar-refractivity contribution in [2.75, 3.05) is 31.1 Å². The minimum absolute atomic E-state index is 0.0103. The van der Waals surface area contributed by atoms with Crippen LogP contribution in [0.3, 0.4) is 0 Å². The highest BCUT2D eigenvalue weighted by Crippen LogP contribution is 2.33. The molecule has 1 aliphatic heterocycles. The first kappa shape index (κ1) is 19.8. The van der Waals surface area contributed by atoms with E-state index < -0.39 is 14.9 Å². The van der Waals surface area contributed by atoms with Crippen molar-refractivity contribution in [3.05, 3.63) is 70.4 Å². The summed E-state index contributed by atoms with van der Waals surface area (Å²) < 4.78 is 27.2. The highest BCUT2D eigenvalue weighted by atomic mass is 32.2. The summed E-state index contributed by atoms with van der Waals surface area (Å²) in [5, 5.41) is 20.6. The molecule has 30 heavy (non-hydrogen) atoms. The molecule has 9 nitrogen and oxygen atoms in total. The van der Waals surface area contributed by atoms with Crippen LogP contribution in [-0.2, 0) is 10.0 Å². The molecule has 0 amide bonds. The van der Waals surface area contributed by atoms with E-state index in [1.54, 1.807) is 24.4 Å². The largest absolute Gasteiger partial charge is 0.367 e. The van der Waals surface area contributed by atoms with Gasteiger partial charge in [0.2, 0.25) is 10.0 Å². The standard InChI is InChI=1S/C20H17N5O4S/c21-14-15-3-5-16(6-4-15)30(28,29)24-12-10-23(11-13-24)19-8-7-18(25(26)27)17-2-1-9-22-20(17)19/h1-9H,10-13H2. The Balaban J connectivity index is 1.57. The molecule has 0 spiro atoms. The predicted octanol–water partition coefficient (Wildman–Crippen LogP) is 2.53. The first-order chi connectivity index (χ1) is 14.4. The summed E-state index contributed by atoms with van der Waals surface area (Å²) in [5.41, 5.74) is 1.65. The number of nitriles is 1. The predicted molar refractivity (Wildman–Crippen MR) is 111 cm³/mol. The minimum atomic E-state index is -3.66. The number of aromatic nitrogens is 1. The maximum absolute atomic E-state index is 12.9. The Labute approximate surface area is 173 Å². The lowest BCUT2D eigenvalue weighted by atomic mass is 10.1. The van der Waals surface area contributed by atoms with Crippen molar-refractivity contribution in [1.29, 1.82) is 5.26 Å². The number of non-ortho nitro benzene ring substituents is 1. The van der Waals surface area contributed by atoms with Gasteiger partial charge < -0.3 is 4.90 Å². The van der Waals surface area contributed by atoms with Gasteiger partial charge in [-0.15, -0.1) is 0 Å². The number of nitrogens with zero attached hydrogens (tertiary/aromatic N) is 5. The number of nitro groups is 1. The summed E-state index contributed by atoms with van der Waals surface area (Å²) in [6, 6.07) is 14.3. The molecule has 0 atom stereocenters. The molecular formula is C20H17N5O4S. The molecule has 3 aromatic rings. The fraction of sp³-hybridized carbons (Fsp3) is 0.200. The maximum Gasteiger partial charge on any atom is 0.278 e. The lowest BCUT2D eigenvalue weighted by molar-refractivity contribution is -0.383. The Kier molecular flexibility index (Phi) is 5.07. The van der Waals surface area contributed by atoms with Gasteiger partial charge in [0.15, 0.2) is 0 Å². The van der Waals surface area contributed by atoms with Gasteiger partial charge in [0.05, 0.1) is 32.5 Å². The molecule has 10 heteroatoms. The van der Waals surface area contributed by atoms with Crippen LogP contribution in [0.2, 0.25) is 0 Å². The average Bonchev–Trinajstić information content (AvgIpc) is 2.78. The van der Waals surface area contributed by atoms with Gasteiger partial charge >= 0.3 is 0 Å². The molecule has 0 bridgehead atoms. The summed E-state index contributed by atoms with van der Waals surface area (Å²) in [4.78, 5) is 17.3. The van der Waals surface area contributed by atoms with Crippen molar-refractivity contribution in [3.8, 4) is 6.07 Å². The zero-order chi connectivity index (χ0) is 21.3. The van der Waals surface area contributed by atoms with Crippen molar-refractivity contribution >= 4 is 32.3 Å². The number of anilines is 1. The highest BCUT2D eigenvalue weighted by molar-refractivity contribution is 7.89. The van der Waals surface area contributed by atoms with E-state index in [0.29, 0.717) is 29.6 Å². The summed E-state index contributed by atoms with van der Waals surface area (Å²) in [6.07, 6.45) is 1.58. The van der Waals surface area contributed by atoms with Gasteiger partial charge in [-0.2, -0.15) is 9.57 Å². The van der Waals surface area contributed by atoms with Crippen LogP contribution >= 0.6 is 0 Å². The number of sulfonamides is 1. The Morgan fingerprint density at radius 3 is 2.37 bits per heavy atom. The van der Waals surface area contributed by atoms with E-state index in [2.05, 4.69) is 4.98 Å². The van der Waals surface area contributed by atoms with Gasteiger partial charge in [-0.25, -0.2) is 8.42 Å². The van der Waals surface area contributed by atoms with Crippen molar-refractivity contribution in [2.45, 2.75) is 4.90 Å². The number of hydrogen-bond donors (Lipinski definition) is 0. The molecular weight excluding hydrogens is 406 g/mol. The fourth-order valence-electron chi connectivity index (χ4n) is 3.58. The Bertz CT molecular complexity index is 1260. The van der Waals surface area contributed by atoms with Gasteiger partial charge in [0.1, 0.15) is 5.52 Å². The maximum atomic E-state index is 12.9. The second-order valence-corrected chi connectivity index (χ2v) is 8.73.